The van der Waals surface area contributed by atoms with Gasteiger partial charge < -0.3 is 10.4 Å². The van der Waals surface area contributed by atoms with Crippen molar-refractivity contribution >= 4 is 22.8 Å². The number of carboxylic acid groups (broad SMARTS) is 1. The molecule has 2 N–H and O–H groups in total. The number of aliphatic carboxylic acids is 1. The largest absolute Gasteiger partial charge is 0.481 e. The summed E-state index contributed by atoms with van der Waals surface area (Å²) in [4.78, 5) is 30.7. The molecule has 144 valence electrons. The maximum absolute atomic E-state index is 13.0. The molecule has 0 radical (unpaired) electrons. The first-order chi connectivity index (χ1) is 13.1. The number of hydrogen-bond acceptors (Lipinski definition) is 4. The third-order valence-corrected chi connectivity index (χ3v) is 5.15. The Labute approximate surface area is 159 Å². The first kappa shape index (κ1) is 19.3. The standard InChI is InChI=1S/C21H27N3O3/c1-2-24-13-11-18-16(14-24)20(15-8-5-6-9-17(15)23-18)21(27)22-12-7-3-4-10-19(25)26/h5-6,8-9H,2-4,7,10-14H2,1H3,(H,22,27)(H,25,26). The van der Waals surface area contributed by atoms with Crippen LogP contribution in [-0.2, 0) is 17.8 Å². The highest BCUT2D eigenvalue weighted by Crippen LogP contribution is 2.28. The summed E-state index contributed by atoms with van der Waals surface area (Å²) in [6.07, 6.45) is 3.27. The van der Waals surface area contributed by atoms with Crippen molar-refractivity contribution in [2.75, 3.05) is 19.6 Å². The fraction of sp³-hybridized carbons (Fsp3) is 0.476. The van der Waals surface area contributed by atoms with Gasteiger partial charge in [0, 0.05) is 49.1 Å². The quantitative estimate of drug-likeness (QED) is 0.699. The topological polar surface area (TPSA) is 82.5 Å². The molecule has 6 nitrogen and oxygen atoms in total. The number of fused-ring (bicyclic) bond motifs is 2. The number of likely N-dealkylation sites (N-methyl/N-ethyl adjacent to an activating group) is 1. The summed E-state index contributed by atoms with van der Waals surface area (Å²) in [6, 6.07) is 7.83. The predicted molar refractivity (Wildman–Crippen MR) is 105 cm³/mol. The van der Waals surface area contributed by atoms with Gasteiger partial charge in [-0.15, -0.1) is 0 Å². The van der Waals surface area contributed by atoms with Crippen molar-refractivity contribution in [3.05, 3.63) is 41.1 Å². The van der Waals surface area contributed by atoms with Crippen LogP contribution in [-0.4, -0.2) is 46.5 Å². The molecule has 0 bridgehead atoms. The van der Waals surface area contributed by atoms with Crippen molar-refractivity contribution in [1.82, 2.24) is 15.2 Å². The Hall–Kier alpha value is -2.47. The molecule has 1 aliphatic rings. The number of para-hydroxylation sites is 1. The van der Waals surface area contributed by atoms with E-state index in [-0.39, 0.29) is 12.3 Å². The molecular formula is C21H27N3O3. The molecule has 1 aromatic carbocycles. The lowest BCUT2D eigenvalue weighted by atomic mass is 9.95. The first-order valence-electron chi connectivity index (χ1n) is 9.73. The smallest absolute Gasteiger partial charge is 0.303 e. The van der Waals surface area contributed by atoms with Crippen molar-refractivity contribution in [3.63, 3.8) is 0 Å². The second kappa shape index (κ2) is 8.95. The van der Waals surface area contributed by atoms with Crippen LogP contribution in [0.2, 0.25) is 0 Å². The molecule has 0 saturated heterocycles. The van der Waals surface area contributed by atoms with E-state index in [4.69, 9.17) is 10.1 Å². The van der Waals surface area contributed by atoms with E-state index in [2.05, 4.69) is 17.1 Å². The molecule has 0 fully saturated rings. The summed E-state index contributed by atoms with van der Waals surface area (Å²) in [5, 5.41) is 12.6. The fourth-order valence-electron chi connectivity index (χ4n) is 3.64. The Bertz CT molecular complexity index is 835. The number of carboxylic acids is 1. The maximum atomic E-state index is 13.0. The van der Waals surface area contributed by atoms with Crippen LogP contribution in [0.4, 0.5) is 0 Å². The Morgan fingerprint density at radius 3 is 2.81 bits per heavy atom. The lowest BCUT2D eigenvalue weighted by Crippen LogP contribution is -2.34. The number of aromatic nitrogens is 1. The van der Waals surface area contributed by atoms with Gasteiger partial charge in [0.1, 0.15) is 0 Å². The second-order valence-corrected chi connectivity index (χ2v) is 7.01. The van der Waals surface area contributed by atoms with Crippen LogP contribution < -0.4 is 5.32 Å². The summed E-state index contributed by atoms with van der Waals surface area (Å²) in [6.45, 7) is 5.37. The average Bonchev–Trinajstić information content (AvgIpc) is 2.67. The molecule has 0 spiro atoms. The minimum Gasteiger partial charge on any atom is -0.481 e. The summed E-state index contributed by atoms with van der Waals surface area (Å²) in [7, 11) is 0. The SMILES string of the molecule is CCN1CCc2nc3ccccc3c(C(=O)NCCCCCC(=O)O)c2C1. The van der Waals surface area contributed by atoms with Crippen LogP contribution >= 0.6 is 0 Å². The molecular weight excluding hydrogens is 342 g/mol. The molecule has 1 aromatic heterocycles. The van der Waals surface area contributed by atoms with E-state index in [0.29, 0.717) is 13.0 Å². The number of pyridine rings is 1. The highest BCUT2D eigenvalue weighted by molar-refractivity contribution is 6.07. The van der Waals surface area contributed by atoms with Gasteiger partial charge in [-0.25, -0.2) is 0 Å². The predicted octanol–water partition coefficient (Wildman–Crippen LogP) is 2.99. The molecule has 6 heteroatoms. The van der Waals surface area contributed by atoms with Gasteiger partial charge in [0.15, 0.2) is 0 Å². The highest BCUT2D eigenvalue weighted by Gasteiger charge is 2.24. The number of nitrogens with zero attached hydrogens (tertiary/aromatic N) is 2. The number of carbonyl (C=O) groups excluding carboxylic acids is 1. The Morgan fingerprint density at radius 2 is 2.04 bits per heavy atom. The van der Waals surface area contributed by atoms with Crippen LogP contribution in [0, 0.1) is 0 Å². The van der Waals surface area contributed by atoms with Gasteiger partial charge in [-0.05, 0) is 25.5 Å². The van der Waals surface area contributed by atoms with Gasteiger partial charge in [-0.2, -0.15) is 0 Å². The van der Waals surface area contributed by atoms with E-state index >= 15 is 0 Å². The minimum atomic E-state index is -0.769. The molecule has 27 heavy (non-hydrogen) atoms. The van der Waals surface area contributed by atoms with Crippen molar-refractivity contribution in [1.29, 1.82) is 0 Å². The van der Waals surface area contributed by atoms with Gasteiger partial charge in [0.25, 0.3) is 5.91 Å². The third-order valence-electron chi connectivity index (χ3n) is 5.15. The van der Waals surface area contributed by atoms with Gasteiger partial charge >= 0.3 is 5.97 Å². The zero-order chi connectivity index (χ0) is 19.2. The van der Waals surface area contributed by atoms with E-state index in [1.165, 1.54) is 0 Å². The van der Waals surface area contributed by atoms with E-state index in [0.717, 1.165) is 66.6 Å². The molecule has 2 heterocycles. The van der Waals surface area contributed by atoms with E-state index in [1.54, 1.807) is 0 Å². The van der Waals surface area contributed by atoms with Crippen LogP contribution in [0.1, 0.15) is 54.2 Å². The lowest BCUT2D eigenvalue weighted by molar-refractivity contribution is -0.137. The zero-order valence-corrected chi connectivity index (χ0v) is 15.8. The number of unbranched alkanes of at least 4 members (excludes halogenated alkanes) is 2. The zero-order valence-electron chi connectivity index (χ0n) is 15.8. The van der Waals surface area contributed by atoms with Crippen LogP contribution in [0.25, 0.3) is 10.9 Å². The minimum absolute atomic E-state index is 0.0546. The molecule has 3 rings (SSSR count). The summed E-state index contributed by atoms with van der Waals surface area (Å²) < 4.78 is 0. The summed E-state index contributed by atoms with van der Waals surface area (Å²) in [5.41, 5.74) is 3.70. The Balaban J connectivity index is 1.77. The van der Waals surface area contributed by atoms with Crippen molar-refractivity contribution in [2.24, 2.45) is 0 Å². The van der Waals surface area contributed by atoms with Gasteiger partial charge in [0.05, 0.1) is 11.1 Å². The molecule has 1 amide bonds. The number of carbonyl (C=O) groups is 2. The van der Waals surface area contributed by atoms with Gasteiger partial charge in [-0.3, -0.25) is 19.5 Å². The summed E-state index contributed by atoms with van der Waals surface area (Å²) >= 11 is 0. The molecule has 0 aliphatic carbocycles. The average molecular weight is 369 g/mol. The third kappa shape index (κ3) is 4.63. The number of hydrogen-bond donors (Lipinski definition) is 2. The Morgan fingerprint density at radius 1 is 1.22 bits per heavy atom. The van der Waals surface area contributed by atoms with Gasteiger partial charge in [0.2, 0.25) is 0 Å². The number of rotatable bonds is 8. The molecule has 1 aliphatic heterocycles. The normalized spacial score (nSPS) is 14.1. The number of benzene rings is 1. The van der Waals surface area contributed by atoms with Crippen LogP contribution in [0.15, 0.2) is 24.3 Å². The van der Waals surface area contributed by atoms with Crippen molar-refractivity contribution in [3.8, 4) is 0 Å². The Kier molecular flexibility index (Phi) is 6.40. The van der Waals surface area contributed by atoms with E-state index in [1.807, 2.05) is 24.3 Å². The maximum Gasteiger partial charge on any atom is 0.303 e. The number of nitrogens with one attached hydrogen (secondary N) is 1. The monoisotopic (exact) mass is 369 g/mol. The van der Waals surface area contributed by atoms with Crippen molar-refractivity contribution < 1.29 is 14.7 Å². The second-order valence-electron chi connectivity index (χ2n) is 7.01. The fourth-order valence-corrected chi connectivity index (χ4v) is 3.64. The first-order valence-corrected chi connectivity index (χ1v) is 9.73. The molecule has 0 atom stereocenters. The van der Waals surface area contributed by atoms with Gasteiger partial charge in [-0.1, -0.05) is 31.5 Å². The lowest BCUT2D eigenvalue weighted by Gasteiger charge is -2.29. The highest BCUT2D eigenvalue weighted by atomic mass is 16.4. The molecule has 0 saturated carbocycles. The van der Waals surface area contributed by atoms with Crippen LogP contribution in [0.3, 0.4) is 0 Å². The molecule has 2 aromatic rings. The summed E-state index contributed by atoms with van der Waals surface area (Å²) in [5.74, 6) is -0.824. The van der Waals surface area contributed by atoms with E-state index in [9.17, 15) is 9.59 Å². The van der Waals surface area contributed by atoms with Crippen LogP contribution in [0.5, 0.6) is 0 Å². The van der Waals surface area contributed by atoms with E-state index < -0.39 is 5.97 Å². The number of amides is 1. The molecule has 0 unspecified atom stereocenters. The van der Waals surface area contributed by atoms with Crippen molar-refractivity contribution in [2.45, 2.75) is 45.6 Å².